The highest BCUT2D eigenvalue weighted by atomic mass is 16.1. The number of hydrogen-bond donors (Lipinski definition) is 2. The van der Waals surface area contributed by atoms with Gasteiger partial charge < -0.3 is 15.5 Å². The SMILES string of the molecule is Cc1cc(C)n(-c2cccc(C(=O)Nc3ccc(N4CCNCC4)cc3)c2)n1. The van der Waals surface area contributed by atoms with Crippen LogP contribution in [0.1, 0.15) is 21.7 Å². The van der Waals surface area contributed by atoms with Gasteiger partial charge in [-0.25, -0.2) is 4.68 Å². The number of aryl methyl sites for hydroxylation is 2. The molecule has 2 aromatic carbocycles. The van der Waals surface area contributed by atoms with E-state index in [0.717, 1.165) is 48.9 Å². The summed E-state index contributed by atoms with van der Waals surface area (Å²) in [4.78, 5) is 15.1. The molecule has 1 saturated heterocycles. The first kappa shape index (κ1) is 18.3. The number of carbonyl (C=O) groups excluding carboxylic acids is 1. The largest absolute Gasteiger partial charge is 0.369 e. The summed E-state index contributed by atoms with van der Waals surface area (Å²) in [7, 11) is 0. The van der Waals surface area contributed by atoms with E-state index in [4.69, 9.17) is 0 Å². The van der Waals surface area contributed by atoms with Crippen LogP contribution in [-0.2, 0) is 0 Å². The summed E-state index contributed by atoms with van der Waals surface area (Å²) in [6.07, 6.45) is 0. The number of piperazine rings is 1. The van der Waals surface area contributed by atoms with E-state index >= 15 is 0 Å². The van der Waals surface area contributed by atoms with Crippen molar-refractivity contribution in [2.24, 2.45) is 0 Å². The van der Waals surface area contributed by atoms with Gasteiger partial charge in [-0.2, -0.15) is 5.10 Å². The van der Waals surface area contributed by atoms with Gasteiger partial charge in [-0.1, -0.05) is 6.07 Å². The van der Waals surface area contributed by atoms with Gasteiger partial charge in [0.1, 0.15) is 0 Å². The quantitative estimate of drug-likeness (QED) is 0.735. The van der Waals surface area contributed by atoms with Crippen molar-refractivity contribution in [3.63, 3.8) is 0 Å². The Morgan fingerprint density at radius 1 is 1.00 bits per heavy atom. The zero-order valence-electron chi connectivity index (χ0n) is 16.3. The number of aromatic nitrogens is 2. The third kappa shape index (κ3) is 3.92. The minimum absolute atomic E-state index is 0.127. The smallest absolute Gasteiger partial charge is 0.255 e. The molecule has 1 amide bonds. The average molecular weight is 375 g/mol. The molecule has 2 N–H and O–H groups in total. The van der Waals surface area contributed by atoms with Crippen molar-refractivity contribution in [3.8, 4) is 5.69 Å². The lowest BCUT2D eigenvalue weighted by Crippen LogP contribution is -2.43. The second-order valence-electron chi connectivity index (χ2n) is 7.13. The second kappa shape index (κ2) is 7.86. The maximum atomic E-state index is 12.7. The fourth-order valence-electron chi connectivity index (χ4n) is 3.55. The molecule has 144 valence electrons. The van der Waals surface area contributed by atoms with Gasteiger partial charge >= 0.3 is 0 Å². The fourth-order valence-corrected chi connectivity index (χ4v) is 3.55. The number of benzene rings is 2. The number of nitrogens with zero attached hydrogens (tertiary/aromatic N) is 3. The molecule has 6 nitrogen and oxygen atoms in total. The zero-order valence-corrected chi connectivity index (χ0v) is 16.3. The minimum atomic E-state index is -0.127. The molecule has 28 heavy (non-hydrogen) atoms. The van der Waals surface area contributed by atoms with Crippen LogP contribution in [0.4, 0.5) is 11.4 Å². The van der Waals surface area contributed by atoms with E-state index in [2.05, 4.69) is 32.8 Å². The normalized spacial score (nSPS) is 14.1. The van der Waals surface area contributed by atoms with Gasteiger partial charge in [0.05, 0.1) is 11.4 Å². The molecule has 0 atom stereocenters. The van der Waals surface area contributed by atoms with E-state index in [9.17, 15) is 4.79 Å². The first-order valence-electron chi connectivity index (χ1n) is 9.61. The van der Waals surface area contributed by atoms with Crippen molar-refractivity contribution in [3.05, 3.63) is 71.5 Å². The summed E-state index contributed by atoms with van der Waals surface area (Å²) in [5.41, 5.74) is 5.46. The lowest BCUT2D eigenvalue weighted by Gasteiger charge is -2.29. The highest BCUT2D eigenvalue weighted by Gasteiger charge is 2.12. The van der Waals surface area contributed by atoms with Gasteiger partial charge in [0.25, 0.3) is 5.91 Å². The van der Waals surface area contributed by atoms with Crippen LogP contribution in [0.3, 0.4) is 0 Å². The topological polar surface area (TPSA) is 62.2 Å². The van der Waals surface area contributed by atoms with E-state index in [0.29, 0.717) is 5.56 Å². The molecule has 3 aromatic rings. The van der Waals surface area contributed by atoms with Crippen molar-refractivity contribution < 1.29 is 4.79 Å². The lowest BCUT2D eigenvalue weighted by molar-refractivity contribution is 0.102. The summed E-state index contributed by atoms with van der Waals surface area (Å²) in [5, 5.41) is 10.8. The van der Waals surface area contributed by atoms with Gasteiger partial charge in [0.2, 0.25) is 0 Å². The standard InChI is InChI=1S/C22H25N5O/c1-16-14-17(2)27(25-16)21-5-3-4-18(15-21)22(28)24-19-6-8-20(9-7-19)26-12-10-23-11-13-26/h3-9,14-15,23H,10-13H2,1-2H3,(H,24,28). The predicted octanol–water partition coefficient (Wildman–Crippen LogP) is 3.15. The highest BCUT2D eigenvalue weighted by molar-refractivity contribution is 6.04. The number of anilines is 2. The number of nitrogens with one attached hydrogen (secondary N) is 2. The van der Waals surface area contributed by atoms with Crippen molar-refractivity contribution in [1.82, 2.24) is 15.1 Å². The van der Waals surface area contributed by atoms with E-state index in [1.807, 2.05) is 61.0 Å². The van der Waals surface area contributed by atoms with E-state index in [-0.39, 0.29) is 5.91 Å². The Morgan fingerprint density at radius 2 is 1.75 bits per heavy atom. The molecule has 1 aliphatic rings. The molecule has 1 aliphatic heterocycles. The van der Waals surface area contributed by atoms with E-state index in [1.54, 1.807) is 0 Å². The molecule has 4 rings (SSSR count). The average Bonchev–Trinajstić information content (AvgIpc) is 3.07. The van der Waals surface area contributed by atoms with Crippen LogP contribution in [0, 0.1) is 13.8 Å². The van der Waals surface area contributed by atoms with Crippen molar-refractivity contribution in [2.75, 3.05) is 36.4 Å². The van der Waals surface area contributed by atoms with Crippen LogP contribution in [0.25, 0.3) is 5.69 Å². The van der Waals surface area contributed by atoms with Crippen molar-refractivity contribution in [2.45, 2.75) is 13.8 Å². The number of hydrogen-bond acceptors (Lipinski definition) is 4. The summed E-state index contributed by atoms with van der Waals surface area (Å²) in [5.74, 6) is -0.127. The first-order chi connectivity index (χ1) is 13.6. The van der Waals surface area contributed by atoms with Crippen molar-refractivity contribution in [1.29, 1.82) is 0 Å². The molecule has 0 unspecified atom stereocenters. The monoisotopic (exact) mass is 375 g/mol. The minimum Gasteiger partial charge on any atom is -0.369 e. The molecule has 0 saturated carbocycles. The number of rotatable bonds is 4. The Morgan fingerprint density at radius 3 is 2.43 bits per heavy atom. The summed E-state index contributed by atoms with van der Waals surface area (Å²) in [6, 6.07) is 17.6. The van der Waals surface area contributed by atoms with Gasteiger partial charge in [-0.05, 0) is 62.4 Å². The van der Waals surface area contributed by atoms with Crippen LogP contribution in [0.15, 0.2) is 54.6 Å². The molecule has 0 aliphatic carbocycles. The predicted molar refractivity (Wildman–Crippen MR) is 113 cm³/mol. The molecule has 2 heterocycles. The van der Waals surface area contributed by atoms with Crippen LogP contribution in [0.2, 0.25) is 0 Å². The fraction of sp³-hybridized carbons (Fsp3) is 0.273. The molecule has 1 aromatic heterocycles. The maximum absolute atomic E-state index is 12.7. The second-order valence-corrected chi connectivity index (χ2v) is 7.13. The van der Waals surface area contributed by atoms with Gasteiger partial charge in [-0.15, -0.1) is 0 Å². The molecular formula is C22H25N5O. The number of carbonyl (C=O) groups is 1. The van der Waals surface area contributed by atoms with Crippen LogP contribution < -0.4 is 15.5 Å². The molecule has 0 bridgehead atoms. The Bertz CT molecular complexity index is 971. The maximum Gasteiger partial charge on any atom is 0.255 e. The summed E-state index contributed by atoms with van der Waals surface area (Å²) < 4.78 is 1.86. The van der Waals surface area contributed by atoms with Gasteiger partial charge in [0.15, 0.2) is 0 Å². The summed E-state index contributed by atoms with van der Waals surface area (Å²) in [6.45, 7) is 7.99. The third-order valence-electron chi connectivity index (χ3n) is 4.97. The Balaban J connectivity index is 1.48. The third-order valence-corrected chi connectivity index (χ3v) is 4.97. The van der Waals surface area contributed by atoms with Crippen LogP contribution in [-0.4, -0.2) is 41.9 Å². The Kier molecular flexibility index (Phi) is 5.12. The summed E-state index contributed by atoms with van der Waals surface area (Å²) >= 11 is 0. The van der Waals surface area contributed by atoms with Gasteiger partial charge in [-0.3, -0.25) is 4.79 Å². The van der Waals surface area contributed by atoms with Crippen LogP contribution >= 0.6 is 0 Å². The lowest BCUT2D eigenvalue weighted by atomic mass is 10.1. The first-order valence-corrected chi connectivity index (χ1v) is 9.61. The van der Waals surface area contributed by atoms with Gasteiger partial charge in [0, 0.05) is 48.8 Å². The molecule has 0 spiro atoms. The Labute approximate surface area is 165 Å². The van der Waals surface area contributed by atoms with E-state index in [1.165, 1.54) is 5.69 Å². The molecule has 1 fully saturated rings. The highest BCUT2D eigenvalue weighted by Crippen LogP contribution is 2.20. The molecular weight excluding hydrogens is 350 g/mol. The van der Waals surface area contributed by atoms with Crippen LogP contribution in [0.5, 0.6) is 0 Å². The number of amides is 1. The Hall–Kier alpha value is -3.12. The molecule has 0 radical (unpaired) electrons. The zero-order chi connectivity index (χ0) is 19.5. The molecule has 6 heteroatoms. The van der Waals surface area contributed by atoms with E-state index < -0.39 is 0 Å². The van der Waals surface area contributed by atoms with Crippen molar-refractivity contribution >= 4 is 17.3 Å².